The molecule has 2 aliphatic carbocycles. The molecule has 116 valence electrons. The van der Waals surface area contributed by atoms with E-state index < -0.39 is 17.3 Å². The number of ketones is 2. The van der Waals surface area contributed by atoms with Crippen LogP contribution in [-0.2, 0) is 20.7 Å². The van der Waals surface area contributed by atoms with Crippen molar-refractivity contribution in [2.24, 2.45) is 17.3 Å². The lowest BCUT2D eigenvalue weighted by Crippen LogP contribution is -2.45. The van der Waals surface area contributed by atoms with Crippen molar-refractivity contribution in [1.29, 1.82) is 0 Å². The van der Waals surface area contributed by atoms with Gasteiger partial charge in [0.15, 0.2) is 5.78 Å². The van der Waals surface area contributed by atoms with Crippen molar-refractivity contribution in [2.45, 2.75) is 26.2 Å². The normalized spacial score (nSPS) is 30.5. The summed E-state index contributed by atoms with van der Waals surface area (Å²) in [5, 5.41) is 0. The summed E-state index contributed by atoms with van der Waals surface area (Å²) in [6.45, 7) is 1.80. The Morgan fingerprint density at radius 1 is 1.32 bits per heavy atom. The third-order valence-electron chi connectivity index (χ3n) is 4.93. The minimum Gasteiger partial charge on any atom is -0.468 e. The maximum Gasteiger partial charge on any atom is 0.316 e. The first kappa shape index (κ1) is 15.4. The number of ether oxygens (including phenoxy) is 1. The van der Waals surface area contributed by atoms with E-state index in [4.69, 9.17) is 4.74 Å². The molecule has 5 heteroatoms. The smallest absolute Gasteiger partial charge is 0.316 e. The molecule has 3 rings (SSSR count). The molecule has 2 aliphatic rings. The molecule has 0 radical (unpaired) electrons. The predicted octanol–water partition coefficient (Wildman–Crippen LogP) is 2.96. The molecule has 1 spiro atoms. The van der Waals surface area contributed by atoms with Crippen molar-refractivity contribution in [1.82, 2.24) is 0 Å². The summed E-state index contributed by atoms with van der Waals surface area (Å²) in [5.41, 5.74) is 1.06. The Hall–Kier alpha value is -1.49. The summed E-state index contributed by atoms with van der Waals surface area (Å²) in [4.78, 5) is 37.2. The Kier molecular flexibility index (Phi) is 3.71. The number of hydrogen-bond donors (Lipinski definition) is 0. The number of halogens is 1. The molecule has 1 aromatic carbocycles. The SMILES string of the molecule is COC(=O)C1CC2(Cc3ccc(Br)cc3C2=O)CC(C)C1=O. The van der Waals surface area contributed by atoms with E-state index in [0.29, 0.717) is 18.4 Å². The summed E-state index contributed by atoms with van der Waals surface area (Å²) >= 11 is 3.39. The van der Waals surface area contributed by atoms with Gasteiger partial charge in [-0.1, -0.05) is 28.9 Å². The number of rotatable bonds is 1. The third kappa shape index (κ3) is 2.22. The molecule has 22 heavy (non-hydrogen) atoms. The van der Waals surface area contributed by atoms with Crippen molar-refractivity contribution in [3.05, 3.63) is 33.8 Å². The van der Waals surface area contributed by atoms with Crippen LogP contribution in [0.15, 0.2) is 22.7 Å². The topological polar surface area (TPSA) is 60.4 Å². The number of carbonyl (C=O) groups is 3. The van der Waals surface area contributed by atoms with E-state index in [1.54, 1.807) is 6.92 Å². The van der Waals surface area contributed by atoms with E-state index in [1.807, 2.05) is 18.2 Å². The predicted molar refractivity (Wildman–Crippen MR) is 83.5 cm³/mol. The number of benzene rings is 1. The zero-order valence-electron chi connectivity index (χ0n) is 12.5. The van der Waals surface area contributed by atoms with E-state index in [1.165, 1.54) is 7.11 Å². The van der Waals surface area contributed by atoms with Gasteiger partial charge in [0.25, 0.3) is 0 Å². The average Bonchev–Trinajstić information content (AvgIpc) is 2.75. The van der Waals surface area contributed by atoms with Crippen LogP contribution in [0, 0.1) is 17.3 Å². The molecule has 1 saturated carbocycles. The maximum absolute atomic E-state index is 13.0. The molecule has 0 aromatic heterocycles. The van der Waals surface area contributed by atoms with Crippen LogP contribution in [0.4, 0.5) is 0 Å². The van der Waals surface area contributed by atoms with Crippen LogP contribution in [0.2, 0.25) is 0 Å². The van der Waals surface area contributed by atoms with Gasteiger partial charge in [0.1, 0.15) is 11.7 Å². The Morgan fingerprint density at radius 3 is 2.73 bits per heavy atom. The fourth-order valence-electron chi connectivity index (χ4n) is 3.92. The molecule has 4 nitrogen and oxygen atoms in total. The summed E-state index contributed by atoms with van der Waals surface area (Å²) in [7, 11) is 1.28. The first-order valence-corrected chi connectivity index (χ1v) is 8.12. The Morgan fingerprint density at radius 2 is 2.05 bits per heavy atom. The number of methoxy groups -OCH3 is 1. The van der Waals surface area contributed by atoms with E-state index in [9.17, 15) is 14.4 Å². The summed E-state index contributed by atoms with van der Waals surface area (Å²) in [5.74, 6) is -1.71. The van der Waals surface area contributed by atoms with Gasteiger partial charge >= 0.3 is 5.97 Å². The van der Waals surface area contributed by atoms with Gasteiger partial charge in [0, 0.05) is 21.4 Å². The van der Waals surface area contributed by atoms with Crippen LogP contribution in [0.5, 0.6) is 0 Å². The van der Waals surface area contributed by atoms with Gasteiger partial charge in [-0.25, -0.2) is 0 Å². The van der Waals surface area contributed by atoms with E-state index >= 15 is 0 Å². The van der Waals surface area contributed by atoms with Gasteiger partial charge in [0.2, 0.25) is 0 Å². The fraction of sp³-hybridized carbons (Fsp3) is 0.471. The van der Waals surface area contributed by atoms with Crippen LogP contribution in [-0.4, -0.2) is 24.6 Å². The molecule has 0 N–H and O–H groups in total. The number of esters is 1. The van der Waals surface area contributed by atoms with Gasteiger partial charge in [-0.15, -0.1) is 0 Å². The summed E-state index contributed by atoms with van der Waals surface area (Å²) in [6, 6.07) is 5.70. The number of hydrogen-bond acceptors (Lipinski definition) is 4. The molecule has 0 heterocycles. The molecule has 3 atom stereocenters. The van der Waals surface area contributed by atoms with Crippen molar-refractivity contribution in [2.75, 3.05) is 7.11 Å². The second kappa shape index (κ2) is 5.30. The molecule has 0 bridgehead atoms. The Bertz CT molecular complexity index is 681. The lowest BCUT2D eigenvalue weighted by molar-refractivity contribution is -0.154. The maximum atomic E-state index is 13.0. The molecule has 3 unspecified atom stereocenters. The zero-order valence-corrected chi connectivity index (χ0v) is 14.1. The molecular formula is C17H17BrO4. The highest BCUT2D eigenvalue weighted by molar-refractivity contribution is 9.10. The molecule has 1 fully saturated rings. The summed E-state index contributed by atoms with van der Waals surface area (Å²) < 4.78 is 5.63. The highest BCUT2D eigenvalue weighted by atomic mass is 79.9. The van der Waals surface area contributed by atoms with Gasteiger partial charge in [0.05, 0.1) is 7.11 Å². The first-order valence-electron chi connectivity index (χ1n) is 7.33. The van der Waals surface area contributed by atoms with Crippen molar-refractivity contribution < 1.29 is 19.1 Å². The van der Waals surface area contributed by atoms with Gasteiger partial charge in [-0.2, -0.15) is 0 Å². The average molecular weight is 365 g/mol. The van der Waals surface area contributed by atoms with Gasteiger partial charge < -0.3 is 4.74 Å². The molecule has 0 amide bonds. The van der Waals surface area contributed by atoms with Crippen molar-refractivity contribution in [3.63, 3.8) is 0 Å². The van der Waals surface area contributed by atoms with Gasteiger partial charge in [-0.3, -0.25) is 14.4 Å². The fourth-order valence-corrected chi connectivity index (χ4v) is 4.28. The highest BCUT2D eigenvalue weighted by Gasteiger charge is 2.54. The molecule has 0 aliphatic heterocycles. The monoisotopic (exact) mass is 364 g/mol. The quantitative estimate of drug-likeness (QED) is 0.567. The van der Waals surface area contributed by atoms with Crippen LogP contribution < -0.4 is 0 Å². The van der Waals surface area contributed by atoms with Crippen molar-refractivity contribution >= 4 is 33.5 Å². The van der Waals surface area contributed by atoms with Gasteiger partial charge in [-0.05, 0) is 37.0 Å². The zero-order chi connectivity index (χ0) is 16.1. The van der Waals surface area contributed by atoms with Crippen LogP contribution in [0.25, 0.3) is 0 Å². The lowest BCUT2D eigenvalue weighted by Gasteiger charge is -2.37. The Balaban J connectivity index is 1.99. The van der Waals surface area contributed by atoms with Crippen LogP contribution >= 0.6 is 15.9 Å². The minimum absolute atomic E-state index is 0.0528. The van der Waals surface area contributed by atoms with Crippen LogP contribution in [0.1, 0.15) is 35.7 Å². The number of Topliss-reactive ketones (excluding diaryl/α,β-unsaturated/α-hetero) is 2. The highest BCUT2D eigenvalue weighted by Crippen LogP contribution is 2.50. The van der Waals surface area contributed by atoms with E-state index in [2.05, 4.69) is 15.9 Å². The number of carbonyl (C=O) groups excluding carboxylic acids is 3. The van der Waals surface area contributed by atoms with E-state index in [0.717, 1.165) is 10.0 Å². The minimum atomic E-state index is -0.824. The Labute approximate surface area is 137 Å². The number of fused-ring (bicyclic) bond motifs is 1. The van der Waals surface area contributed by atoms with Crippen molar-refractivity contribution in [3.8, 4) is 0 Å². The molecular weight excluding hydrogens is 348 g/mol. The second-order valence-corrected chi connectivity index (χ2v) is 7.29. The van der Waals surface area contributed by atoms with E-state index in [-0.39, 0.29) is 23.9 Å². The van der Waals surface area contributed by atoms with Crippen LogP contribution in [0.3, 0.4) is 0 Å². The molecule has 1 aromatic rings. The third-order valence-corrected chi connectivity index (χ3v) is 5.43. The standard InChI is InChI=1S/C17H17BrO4/c1-9-6-17(8-13(14(9)19)16(21)22-2)7-10-3-4-11(18)5-12(10)15(17)20/h3-5,9,13H,6-8H2,1-2H3. The largest absolute Gasteiger partial charge is 0.468 e. The second-order valence-electron chi connectivity index (χ2n) is 6.38. The summed E-state index contributed by atoms with van der Waals surface area (Å²) in [6.07, 6.45) is 1.36. The lowest BCUT2D eigenvalue weighted by atomic mass is 9.63. The molecule has 0 saturated heterocycles. The first-order chi connectivity index (χ1) is 10.4.